The van der Waals surface area contributed by atoms with E-state index in [1.807, 2.05) is 31.3 Å². The van der Waals surface area contributed by atoms with Crippen LogP contribution in [0, 0.1) is 6.92 Å². The number of morpholine rings is 1. The lowest BCUT2D eigenvalue weighted by Gasteiger charge is -2.40. The van der Waals surface area contributed by atoms with Gasteiger partial charge in [-0.05, 0) is 38.5 Å². The van der Waals surface area contributed by atoms with Crippen LogP contribution < -0.4 is 4.90 Å². The summed E-state index contributed by atoms with van der Waals surface area (Å²) in [6.07, 6.45) is 2.88. The van der Waals surface area contributed by atoms with Gasteiger partial charge in [-0.2, -0.15) is 5.10 Å². The van der Waals surface area contributed by atoms with Crippen molar-refractivity contribution < 1.29 is 4.74 Å². The molecule has 0 aromatic carbocycles. The lowest BCUT2D eigenvalue weighted by Crippen LogP contribution is -2.50. The Hall–Kier alpha value is -1.95. The molecule has 0 aliphatic carbocycles. The predicted molar refractivity (Wildman–Crippen MR) is 80.8 cm³/mol. The average Bonchev–Trinajstić information content (AvgIpc) is 2.94. The summed E-state index contributed by atoms with van der Waals surface area (Å²) in [4.78, 5) is 2.23. The normalized spacial score (nSPS) is 22.5. The number of rotatable bonds is 3. The van der Waals surface area contributed by atoms with Crippen molar-refractivity contribution >= 4 is 5.82 Å². The number of nitrogens with zero attached hydrogens (tertiary/aromatic N) is 5. The van der Waals surface area contributed by atoms with Crippen molar-refractivity contribution in [2.24, 2.45) is 0 Å². The van der Waals surface area contributed by atoms with Gasteiger partial charge < -0.3 is 9.64 Å². The molecule has 0 saturated carbocycles. The lowest BCUT2D eigenvalue weighted by atomic mass is 10.0. The van der Waals surface area contributed by atoms with E-state index in [-0.39, 0.29) is 5.60 Å². The maximum Gasteiger partial charge on any atom is 0.175 e. The van der Waals surface area contributed by atoms with Crippen LogP contribution >= 0.6 is 0 Å². The Morgan fingerprint density at radius 1 is 1.24 bits per heavy atom. The lowest BCUT2D eigenvalue weighted by molar-refractivity contribution is -0.0443. The van der Waals surface area contributed by atoms with E-state index in [0.29, 0.717) is 0 Å². The van der Waals surface area contributed by atoms with Gasteiger partial charge in [0, 0.05) is 19.3 Å². The van der Waals surface area contributed by atoms with Crippen molar-refractivity contribution in [1.82, 2.24) is 20.0 Å². The van der Waals surface area contributed by atoms with Gasteiger partial charge in [0.05, 0.1) is 17.9 Å². The molecule has 6 nitrogen and oxygen atoms in total. The summed E-state index contributed by atoms with van der Waals surface area (Å²) in [5.74, 6) is 1.63. The minimum Gasteiger partial charge on any atom is -0.372 e. The van der Waals surface area contributed by atoms with Crippen LogP contribution in [0.1, 0.15) is 26.0 Å². The van der Waals surface area contributed by atoms with Crippen molar-refractivity contribution in [3.8, 4) is 5.82 Å². The van der Waals surface area contributed by atoms with Crippen LogP contribution in [-0.4, -0.2) is 45.3 Å². The Morgan fingerprint density at radius 2 is 2.00 bits per heavy atom. The van der Waals surface area contributed by atoms with E-state index in [2.05, 4.69) is 34.0 Å². The Balaban J connectivity index is 1.78. The Morgan fingerprint density at radius 3 is 2.62 bits per heavy atom. The maximum absolute atomic E-state index is 5.86. The van der Waals surface area contributed by atoms with E-state index >= 15 is 0 Å². The molecule has 3 rings (SSSR count). The van der Waals surface area contributed by atoms with Crippen molar-refractivity contribution in [2.45, 2.75) is 32.8 Å². The first kappa shape index (κ1) is 14.0. The van der Waals surface area contributed by atoms with E-state index in [4.69, 9.17) is 4.74 Å². The highest BCUT2D eigenvalue weighted by atomic mass is 16.5. The van der Waals surface area contributed by atoms with Gasteiger partial charge in [-0.1, -0.05) is 6.92 Å². The molecule has 21 heavy (non-hydrogen) atoms. The second-order valence-electron chi connectivity index (χ2n) is 5.72. The minimum atomic E-state index is -0.0995. The fraction of sp³-hybridized carbons (Fsp3) is 0.533. The summed E-state index contributed by atoms with van der Waals surface area (Å²) < 4.78 is 7.60. The van der Waals surface area contributed by atoms with Crippen LogP contribution in [0.4, 0.5) is 5.82 Å². The summed E-state index contributed by atoms with van der Waals surface area (Å²) in [7, 11) is 0. The minimum absolute atomic E-state index is 0.0995. The van der Waals surface area contributed by atoms with Crippen LogP contribution in [0.5, 0.6) is 0 Å². The van der Waals surface area contributed by atoms with E-state index in [0.717, 1.165) is 43.4 Å². The molecule has 1 atom stereocenters. The molecule has 0 N–H and O–H groups in total. The van der Waals surface area contributed by atoms with Gasteiger partial charge >= 0.3 is 0 Å². The molecule has 2 aromatic rings. The highest BCUT2D eigenvalue weighted by Gasteiger charge is 2.31. The largest absolute Gasteiger partial charge is 0.372 e. The van der Waals surface area contributed by atoms with Gasteiger partial charge in [0.25, 0.3) is 0 Å². The molecule has 3 heterocycles. The third-order valence-electron chi connectivity index (χ3n) is 4.00. The molecule has 1 aliphatic rings. The van der Waals surface area contributed by atoms with Crippen molar-refractivity contribution in [3.05, 3.63) is 30.1 Å². The van der Waals surface area contributed by atoms with E-state index in [9.17, 15) is 0 Å². The highest BCUT2D eigenvalue weighted by Crippen LogP contribution is 2.24. The molecule has 6 heteroatoms. The van der Waals surface area contributed by atoms with Crippen LogP contribution in [0.2, 0.25) is 0 Å². The quantitative estimate of drug-likeness (QED) is 0.864. The van der Waals surface area contributed by atoms with Crippen molar-refractivity contribution in [2.75, 3.05) is 24.6 Å². The first-order valence-corrected chi connectivity index (χ1v) is 7.35. The number of hydrogen-bond donors (Lipinski definition) is 0. The zero-order valence-corrected chi connectivity index (χ0v) is 12.8. The summed E-state index contributed by atoms with van der Waals surface area (Å²) in [5.41, 5.74) is 0.866. The molecular formula is C15H21N5O. The van der Waals surface area contributed by atoms with Crippen LogP contribution in [-0.2, 0) is 4.74 Å². The van der Waals surface area contributed by atoms with E-state index in [1.165, 1.54) is 0 Å². The molecule has 1 saturated heterocycles. The van der Waals surface area contributed by atoms with Crippen LogP contribution in [0.3, 0.4) is 0 Å². The fourth-order valence-corrected chi connectivity index (χ4v) is 2.49. The van der Waals surface area contributed by atoms with Gasteiger partial charge in [0.2, 0.25) is 0 Å². The Kier molecular flexibility index (Phi) is 3.63. The molecule has 1 unspecified atom stereocenters. The van der Waals surface area contributed by atoms with Crippen LogP contribution in [0.15, 0.2) is 24.4 Å². The van der Waals surface area contributed by atoms with E-state index < -0.39 is 0 Å². The summed E-state index contributed by atoms with van der Waals surface area (Å²) in [5, 5.41) is 13.0. The second-order valence-corrected chi connectivity index (χ2v) is 5.72. The van der Waals surface area contributed by atoms with E-state index in [1.54, 1.807) is 4.68 Å². The Labute approximate surface area is 124 Å². The molecule has 2 aromatic heterocycles. The number of ether oxygens (including phenoxy) is 1. The molecule has 112 valence electrons. The third-order valence-corrected chi connectivity index (χ3v) is 4.00. The highest BCUT2D eigenvalue weighted by molar-refractivity contribution is 5.40. The monoisotopic (exact) mass is 287 g/mol. The number of aromatic nitrogens is 4. The molecule has 1 aliphatic heterocycles. The average molecular weight is 287 g/mol. The molecular weight excluding hydrogens is 266 g/mol. The molecule has 0 bridgehead atoms. The Bertz CT molecular complexity index is 609. The first-order valence-electron chi connectivity index (χ1n) is 7.35. The second kappa shape index (κ2) is 5.44. The number of anilines is 1. The van der Waals surface area contributed by atoms with Gasteiger partial charge in [0.1, 0.15) is 0 Å². The zero-order valence-electron chi connectivity index (χ0n) is 12.8. The standard InChI is InChI=1S/C15H21N5O/c1-4-15(3)11-19(9-10-21-15)13-5-6-14(17-16-13)20-8-7-12(2)18-20/h5-8H,4,9-11H2,1-3H3. The first-order chi connectivity index (χ1) is 10.1. The number of hydrogen-bond acceptors (Lipinski definition) is 5. The summed E-state index contributed by atoms with van der Waals surface area (Å²) in [6.45, 7) is 8.68. The molecule has 0 spiro atoms. The maximum atomic E-state index is 5.86. The summed E-state index contributed by atoms with van der Waals surface area (Å²) in [6, 6.07) is 5.90. The fourth-order valence-electron chi connectivity index (χ4n) is 2.49. The van der Waals surface area contributed by atoms with Crippen LogP contribution in [0.25, 0.3) is 5.82 Å². The molecule has 0 radical (unpaired) electrons. The van der Waals surface area contributed by atoms with Crippen molar-refractivity contribution in [3.63, 3.8) is 0 Å². The van der Waals surface area contributed by atoms with Gasteiger partial charge in [-0.3, -0.25) is 0 Å². The SMILES string of the molecule is CCC1(C)CN(c2ccc(-n3ccc(C)n3)nn2)CCO1. The van der Waals surface area contributed by atoms with Gasteiger partial charge in [-0.25, -0.2) is 4.68 Å². The predicted octanol–water partition coefficient (Wildman–Crippen LogP) is 1.98. The topological polar surface area (TPSA) is 56.1 Å². The van der Waals surface area contributed by atoms with Crippen molar-refractivity contribution in [1.29, 1.82) is 0 Å². The smallest absolute Gasteiger partial charge is 0.175 e. The zero-order chi connectivity index (χ0) is 14.9. The third kappa shape index (κ3) is 2.90. The molecule has 1 fully saturated rings. The van der Waals surface area contributed by atoms with Gasteiger partial charge in [0.15, 0.2) is 11.6 Å². The number of aryl methyl sites for hydroxylation is 1. The molecule has 0 amide bonds. The van der Waals surface area contributed by atoms with Gasteiger partial charge in [-0.15, -0.1) is 10.2 Å². The summed E-state index contributed by atoms with van der Waals surface area (Å²) >= 11 is 0.